The lowest BCUT2D eigenvalue weighted by atomic mass is 10.2. The van der Waals surface area contributed by atoms with Gasteiger partial charge in [0.1, 0.15) is 5.69 Å². The number of fused-ring (bicyclic) bond motifs is 1. The maximum Gasteiger partial charge on any atom is 0.196 e. The highest BCUT2D eigenvalue weighted by Crippen LogP contribution is 2.07. The molecule has 0 fully saturated rings. The molecule has 3 aromatic rings. The van der Waals surface area contributed by atoms with Gasteiger partial charge in [0.15, 0.2) is 5.78 Å². The Labute approximate surface area is 120 Å². The van der Waals surface area contributed by atoms with Crippen LogP contribution >= 0.6 is 23.1 Å². The molecule has 0 N–H and O–H groups in total. The number of ketones is 1. The number of nitrogens with zero attached hydrogens (tertiary/aromatic N) is 2. The number of rotatable bonds is 2. The van der Waals surface area contributed by atoms with Crippen molar-refractivity contribution in [2.24, 2.45) is 0 Å². The molecule has 1 aromatic carbocycles. The zero-order valence-electron chi connectivity index (χ0n) is 9.99. The number of carbonyl (C=O) groups is 1. The lowest BCUT2D eigenvalue weighted by Crippen LogP contribution is -1.98. The van der Waals surface area contributed by atoms with Gasteiger partial charge in [-0.15, -0.1) is 11.6 Å². The van der Waals surface area contributed by atoms with Crippen LogP contribution in [0.25, 0.3) is 10.9 Å². The van der Waals surface area contributed by atoms with Crippen LogP contribution in [0.1, 0.15) is 10.5 Å². The van der Waals surface area contributed by atoms with E-state index in [2.05, 4.69) is 21.5 Å². The smallest absolute Gasteiger partial charge is 0.196 e. The third kappa shape index (κ3) is 3.84. The minimum atomic E-state index is -0.113. The number of para-hydroxylation sites is 1. The van der Waals surface area contributed by atoms with Gasteiger partial charge < -0.3 is 0 Å². The van der Waals surface area contributed by atoms with Gasteiger partial charge in [0.25, 0.3) is 0 Å². The van der Waals surface area contributed by atoms with Crippen molar-refractivity contribution in [3.05, 3.63) is 59.7 Å². The van der Waals surface area contributed by atoms with Crippen LogP contribution in [-0.2, 0) is 0 Å². The average Bonchev–Trinajstić information content (AvgIpc) is 3.01. The van der Waals surface area contributed by atoms with Crippen molar-refractivity contribution < 1.29 is 4.79 Å². The molecule has 0 spiro atoms. The summed E-state index contributed by atoms with van der Waals surface area (Å²) in [4.78, 5) is 14.9. The van der Waals surface area contributed by atoms with E-state index in [4.69, 9.17) is 11.6 Å². The topological polar surface area (TPSA) is 42.9 Å². The van der Waals surface area contributed by atoms with E-state index >= 15 is 0 Å². The maximum absolute atomic E-state index is 10.7. The Hall–Kier alpha value is -1.78. The minimum absolute atomic E-state index is 0.0176. The zero-order chi connectivity index (χ0) is 13.5. The van der Waals surface area contributed by atoms with Crippen LogP contribution in [0.3, 0.4) is 0 Å². The fraction of sp³-hybridized carbons (Fsp3) is 0.0714. The SMILES string of the molecule is O=C(CCl)c1ccsn1.c1ccc2ncccc2c1. The number of carbonyl (C=O) groups excluding carboxylic acids is 1. The first-order valence-electron chi connectivity index (χ1n) is 5.60. The van der Waals surface area contributed by atoms with Crippen molar-refractivity contribution in [3.63, 3.8) is 0 Å². The van der Waals surface area contributed by atoms with Gasteiger partial charge in [0.2, 0.25) is 0 Å². The van der Waals surface area contributed by atoms with Crippen molar-refractivity contribution in [1.29, 1.82) is 0 Å². The molecule has 19 heavy (non-hydrogen) atoms. The summed E-state index contributed by atoms with van der Waals surface area (Å²) in [6.07, 6.45) is 1.81. The van der Waals surface area contributed by atoms with Gasteiger partial charge in [-0.2, -0.15) is 4.37 Å². The Morgan fingerprint density at radius 2 is 1.95 bits per heavy atom. The second kappa shape index (κ2) is 6.97. The van der Waals surface area contributed by atoms with Gasteiger partial charge in [-0.25, -0.2) is 0 Å². The third-order valence-corrected chi connectivity index (χ3v) is 3.16. The molecule has 0 radical (unpaired) electrons. The van der Waals surface area contributed by atoms with Crippen LogP contribution in [0.4, 0.5) is 0 Å². The highest BCUT2D eigenvalue weighted by atomic mass is 35.5. The van der Waals surface area contributed by atoms with E-state index in [1.54, 1.807) is 11.4 Å². The summed E-state index contributed by atoms with van der Waals surface area (Å²) in [6.45, 7) is 0. The van der Waals surface area contributed by atoms with Crippen LogP contribution in [0.2, 0.25) is 0 Å². The summed E-state index contributed by atoms with van der Waals surface area (Å²) < 4.78 is 3.79. The van der Waals surface area contributed by atoms with E-state index in [0.717, 1.165) is 5.52 Å². The van der Waals surface area contributed by atoms with Gasteiger partial charge in [-0.05, 0) is 29.7 Å². The number of alkyl halides is 1. The summed E-state index contributed by atoms with van der Waals surface area (Å²) in [5.74, 6) is -0.0954. The number of aromatic nitrogens is 2. The second-order valence-corrected chi connectivity index (χ2v) is 4.57. The average molecular weight is 291 g/mol. The lowest BCUT2D eigenvalue weighted by Gasteiger charge is -1.91. The highest BCUT2D eigenvalue weighted by molar-refractivity contribution is 7.03. The summed E-state index contributed by atoms with van der Waals surface area (Å²) in [5.41, 5.74) is 1.53. The molecule has 2 aromatic heterocycles. The molecule has 0 aliphatic rings. The lowest BCUT2D eigenvalue weighted by molar-refractivity contribution is 0.101. The molecular formula is C14H11ClN2OS. The van der Waals surface area contributed by atoms with Crippen molar-refractivity contribution in [2.45, 2.75) is 0 Å². The van der Waals surface area contributed by atoms with Crippen LogP contribution < -0.4 is 0 Å². The van der Waals surface area contributed by atoms with Gasteiger partial charge in [0, 0.05) is 17.0 Å². The number of Topliss-reactive ketones (excluding diaryl/α,β-unsaturated/α-hetero) is 1. The monoisotopic (exact) mass is 290 g/mol. The molecule has 5 heteroatoms. The third-order valence-electron chi connectivity index (χ3n) is 2.36. The first kappa shape index (κ1) is 13.6. The number of halogens is 1. The first-order chi connectivity index (χ1) is 9.31. The van der Waals surface area contributed by atoms with Crippen LogP contribution in [-0.4, -0.2) is 21.0 Å². The molecule has 3 nitrogen and oxygen atoms in total. The molecular weight excluding hydrogens is 280 g/mol. The van der Waals surface area contributed by atoms with Crippen molar-refractivity contribution in [3.8, 4) is 0 Å². The largest absolute Gasteiger partial charge is 0.291 e. The molecule has 2 heterocycles. The van der Waals surface area contributed by atoms with Gasteiger partial charge >= 0.3 is 0 Å². The van der Waals surface area contributed by atoms with E-state index in [0.29, 0.717) is 5.69 Å². The van der Waals surface area contributed by atoms with Crippen LogP contribution in [0, 0.1) is 0 Å². The molecule has 0 aliphatic carbocycles. The molecule has 0 bridgehead atoms. The van der Waals surface area contributed by atoms with E-state index in [1.807, 2.05) is 30.5 Å². The summed E-state index contributed by atoms with van der Waals surface area (Å²) in [7, 11) is 0. The Morgan fingerprint density at radius 3 is 2.63 bits per heavy atom. The van der Waals surface area contributed by atoms with Crippen LogP contribution in [0.5, 0.6) is 0 Å². The highest BCUT2D eigenvalue weighted by Gasteiger charge is 2.03. The van der Waals surface area contributed by atoms with Gasteiger partial charge in [-0.1, -0.05) is 24.3 Å². The predicted molar refractivity (Wildman–Crippen MR) is 78.9 cm³/mol. The second-order valence-electron chi connectivity index (χ2n) is 3.64. The molecule has 0 atom stereocenters. The van der Waals surface area contributed by atoms with Crippen molar-refractivity contribution >= 4 is 39.8 Å². The van der Waals surface area contributed by atoms with Crippen molar-refractivity contribution in [2.75, 3.05) is 5.88 Å². The normalized spacial score (nSPS) is 9.74. The fourth-order valence-corrected chi connectivity index (χ4v) is 2.10. The Balaban J connectivity index is 0.000000141. The summed E-state index contributed by atoms with van der Waals surface area (Å²) in [6, 6.07) is 13.7. The Morgan fingerprint density at radius 1 is 1.16 bits per heavy atom. The van der Waals surface area contributed by atoms with E-state index in [-0.39, 0.29) is 11.7 Å². The van der Waals surface area contributed by atoms with Crippen molar-refractivity contribution in [1.82, 2.24) is 9.36 Å². The number of hydrogen-bond donors (Lipinski definition) is 0. The number of hydrogen-bond acceptors (Lipinski definition) is 4. The molecule has 0 unspecified atom stereocenters. The summed E-state index contributed by atoms with van der Waals surface area (Å²) >= 11 is 6.51. The molecule has 0 saturated carbocycles. The van der Waals surface area contributed by atoms with Gasteiger partial charge in [-0.3, -0.25) is 9.78 Å². The minimum Gasteiger partial charge on any atom is -0.291 e. The number of pyridine rings is 1. The van der Waals surface area contributed by atoms with E-state index in [1.165, 1.54) is 16.9 Å². The molecule has 0 amide bonds. The predicted octanol–water partition coefficient (Wildman–Crippen LogP) is 3.80. The standard InChI is InChI=1S/C9H7N.C5H4ClNOS/c1-2-6-9-8(4-1)5-3-7-10-9;6-3-5(8)4-1-2-9-7-4/h1-7H;1-2H,3H2. The Bertz CT molecular complexity index is 590. The zero-order valence-corrected chi connectivity index (χ0v) is 11.6. The number of benzene rings is 1. The first-order valence-corrected chi connectivity index (χ1v) is 6.97. The molecule has 96 valence electrons. The van der Waals surface area contributed by atoms with Crippen LogP contribution in [0.15, 0.2) is 54.0 Å². The van der Waals surface area contributed by atoms with E-state index < -0.39 is 0 Å². The quantitative estimate of drug-likeness (QED) is 0.532. The molecule has 0 aliphatic heterocycles. The Kier molecular flexibility index (Phi) is 5.01. The molecule has 3 rings (SSSR count). The fourth-order valence-electron chi connectivity index (χ4n) is 1.44. The van der Waals surface area contributed by atoms with Gasteiger partial charge in [0.05, 0.1) is 11.4 Å². The summed E-state index contributed by atoms with van der Waals surface area (Å²) in [5, 5.41) is 2.95. The molecule has 0 saturated heterocycles. The van der Waals surface area contributed by atoms with E-state index in [9.17, 15) is 4.79 Å². The maximum atomic E-state index is 10.7.